The highest BCUT2D eigenvalue weighted by atomic mass is 16.3. The molecule has 1 amide bonds. The second kappa shape index (κ2) is 8.48. The van der Waals surface area contributed by atoms with E-state index in [1.165, 1.54) is 0 Å². The second-order valence-electron chi connectivity index (χ2n) is 4.94. The topological polar surface area (TPSA) is 66.6 Å². The van der Waals surface area contributed by atoms with Crippen molar-refractivity contribution in [2.24, 2.45) is 11.7 Å². The van der Waals surface area contributed by atoms with E-state index in [2.05, 4.69) is 0 Å². The monoisotopic (exact) mass is 242 g/mol. The lowest BCUT2D eigenvalue weighted by atomic mass is 9.94. The Hall–Kier alpha value is -0.610. The molecule has 1 aliphatic rings. The molecule has 0 radical (unpaired) electrons. The molecule has 1 saturated heterocycles. The van der Waals surface area contributed by atoms with E-state index in [4.69, 9.17) is 10.8 Å². The van der Waals surface area contributed by atoms with Crippen molar-refractivity contribution in [1.82, 2.24) is 4.90 Å². The number of hydrogen-bond donors (Lipinski definition) is 2. The SMILES string of the molecule is NCCCCCC(=O)N1CCC(CCO)CC1. The van der Waals surface area contributed by atoms with Gasteiger partial charge in [-0.05, 0) is 44.6 Å². The predicted octanol–water partition coefficient (Wildman–Crippen LogP) is 1.13. The number of piperidine rings is 1. The van der Waals surface area contributed by atoms with E-state index in [9.17, 15) is 4.79 Å². The number of carbonyl (C=O) groups is 1. The maximum absolute atomic E-state index is 11.9. The molecule has 3 N–H and O–H groups in total. The molecule has 4 heteroatoms. The Kier molecular flexibility index (Phi) is 7.21. The van der Waals surface area contributed by atoms with E-state index >= 15 is 0 Å². The number of rotatable bonds is 7. The third kappa shape index (κ3) is 5.50. The number of carbonyl (C=O) groups excluding carboxylic acids is 1. The quantitative estimate of drug-likeness (QED) is 0.658. The molecule has 100 valence electrons. The summed E-state index contributed by atoms with van der Waals surface area (Å²) in [6.45, 7) is 2.75. The van der Waals surface area contributed by atoms with Gasteiger partial charge in [0.25, 0.3) is 0 Å². The van der Waals surface area contributed by atoms with Crippen LogP contribution < -0.4 is 5.73 Å². The van der Waals surface area contributed by atoms with Crippen LogP contribution in [0.3, 0.4) is 0 Å². The van der Waals surface area contributed by atoms with Gasteiger partial charge < -0.3 is 15.7 Å². The van der Waals surface area contributed by atoms with E-state index in [1.54, 1.807) is 0 Å². The van der Waals surface area contributed by atoms with Crippen LogP contribution in [-0.4, -0.2) is 42.2 Å². The van der Waals surface area contributed by atoms with Gasteiger partial charge in [0.05, 0.1) is 0 Å². The van der Waals surface area contributed by atoms with Crippen LogP contribution in [0.15, 0.2) is 0 Å². The Morgan fingerprint density at radius 3 is 2.53 bits per heavy atom. The van der Waals surface area contributed by atoms with Crippen LogP contribution in [0.4, 0.5) is 0 Å². The van der Waals surface area contributed by atoms with Crippen molar-refractivity contribution in [2.75, 3.05) is 26.2 Å². The maximum atomic E-state index is 11.9. The molecule has 0 unspecified atom stereocenters. The first-order valence-electron chi connectivity index (χ1n) is 6.86. The number of nitrogens with zero attached hydrogens (tertiary/aromatic N) is 1. The Labute approximate surface area is 104 Å². The molecule has 0 atom stereocenters. The van der Waals surface area contributed by atoms with Crippen LogP contribution in [0.25, 0.3) is 0 Å². The minimum absolute atomic E-state index is 0.275. The number of nitrogens with two attached hydrogens (primary N) is 1. The first-order valence-corrected chi connectivity index (χ1v) is 6.86. The molecular formula is C13H26N2O2. The van der Waals surface area contributed by atoms with Crippen molar-refractivity contribution in [3.63, 3.8) is 0 Å². The highest BCUT2D eigenvalue weighted by molar-refractivity contribution is 5.76. The largest absolute Gasteiger partial charge is 0.396 e. The van der Waals surface area contributed by atoms with E-state index in [-0.39, 0.29) is 6.61 Å². The molecule has 0 aromatic heterocycles. The summed E-state index contributed by atoms with van der Waals surface area (Å²) in [6, 6.07) is 0. The molecule has 0 bridgehead atoms. The Morgan fingerprint density at radius 1 is 1.24 bits per heavy atom. The van der Waals surface area contributed by atoms with Crippen molar-refractivity contribution in [2.45, 2.75) is 44.9 Å². The number of aliphatic hydroxyl groups excluding tert-OH is 1. The smallest absolute Gasteiger partial charge is 0.222 e. The highest BCUT2D eigenvalue weighted by Gasteiger charge is 2.21. The zero-order valence-corrected chi connectivity index (χ0v) is 10.7. The second-order valence-corrected chi connectivity index (χ2v) is 4.94. The third-order valence-electron chi connectivity index (χ3n) is 3.60. The van der Waals surface area contributed by atoms with Gasteiger partial charge in [0.1, 0.15) is 0 Å². The van der Waals surface area contributed by atoms with Crippen molar-refractivity contribution in [3.8, 4) is 0 Å². The molecule has 4 nitrogen and oxygen atoms in total. The normalized spacial score (nSPS) is 17.4. The molecule has 17 heavy (non-hydrogen) atoms. The number of amides is 1. The van der Waals surface area contributed by atoms with Crippen LogP contribution in [-0.2, 0) is 4.79 Å². The number of likely N-dealkylation sites (tertiary alicyclic amines) is 1. The predicted molar refractivity (Wildman–Crippen MR) is 68.5 cm³/mol. The first kappa shape index (κ1) is 14.5. The van der Waals surface area contributed by atoms with Gasteiger partial charge in [-0.25, -0.2) is 0 Å². The molecule has 1 rings (SSSR count). The van der Waals surface area contributed by atoms with Gasteiger partial charge in [0, 0.05) is 26.1 Å². The molecule has 1 heterocycles. The van der Waals surface area contributed by atoms with Crippen molar-refractivity contribution >= 4 is 5.91 Å². The minimum Gasteiger partial charge on any atom is -0.396 e. The summed E-state index contributed by atoms with van der Waals surface area (Å²) in [5, 5.41) is 8.87. The molecule has 0 aromatic carbocycles. The fourth-order valence-corrected chi connectivity index (χ4v) is 2.41. The van der Waals surface area contributed by atoms with E-state index < -0.39 is 0 Å². The maximum Gasteiger partial charge on any atom is 0.222 e. The molecule has 0 aliphatic carbocycles. The van der Waals surface area contributed by atoms with Gasteiger partial charge in [-0.15, -0.1) is 0 Å². The van der Waals surface area contributed by atoms with Crippen LogP contribution in [0.5, 0.6) is 0 Å². The molecule has 0 spiro atoms. The Bertz CT molecular complexity index is 213. The number of unbranched alkanes of at least 4 members (excludes halogenated alkanes) is 2. The van der Waals surface area contributed by atoms with Gasteiger partial charge >= 0.3 is 0 Å². The van der Waals surface area contributed by atoms with Gasteiger partial charge in [-0.3, -0.25) is 4.79 Å². The minimum atomic E-state index is 0.275. The summed E-state index contributed by atoms with van der Waals surface area (Å²) in [4.78, 5) is 13.9. The van der Waals surface area contributed by atoms with Crippen molar-refractivity contribution < 1.29 is 9.90 Å². The van der Waals surface area contributed by atoms with Gasteiger partial charge in [0.15, 0.2) is 0 Å². The van der Waals surface area contributed by atoms with Crippen LogP contribution in [0, 0.1) is 5.92 Å². The first-order chi connectivity index (χ1) is 8.27. The summed E-state index contributed by atoms with van der Waals surface area (Å²) in [7, 11) is 0. The van der Waals surface area contributed by atoms with Crippen molar-refractivity contribution in [3.05, 3.63) is 0 Å². The van der Waals surface area contributed by atoms with Gasteiger partial charge in [-0.2, -0.15) is 0 Å². The lowest BCUT2D eigenvalue weighted by Gasteiger charge is -2.31. The van der Waals surface area contributed by atoms with Crippen LogP contribution in [0.2, 0.25) is 0 Å². The van der Waals surface area contributed by atoms with E-state index in [0.29, 0.717) is 18.2 Å². The lowest BCUT2D eigenvalue weighted by Crippen LogP contribution is -2.38. The molecule has 0 saturated carbocycles. The van der Waals surface area contributed by atoms with Crippen molar-refractivity contribution in [1.29, 1.82) is 0 Å². The fraction of sp³-hybridized carbons (Fsp3) is 0.923. The number of hydrogen-bond acceptors (Lipinski definition) is 3. The van der Waals surface area contributed by atoms with E-state index in [0.717, 1.165) is 58.2 Å². The third-order valence-corrected chi connectivity index (χ3v) is 3.60. The Morgan fingerprint density at radius 2 is 1.94 bits per heavy atom. The summed E-state index contributed by atoms with van der Waals surface area (Å²) >= 11 is 0. The van der Waals surface area contributed by atoms with Gasteiger partial charge in [-0.1, -0.05) is 6.42 Å². The average Bonchev–Trinajstić information content (AvgIpc) is 2.36. The van der Waals surface area contributed by atoms with Crippen LogP contribution >= 0.6 is 0 Å². The summed E-state index contributed by atoms with van der Waals surface area (Å²) in [5.41, 5.74) is 5.42. The van der Waals surface area contributed by atoms with Crippen LogP contribution in [0.1, 0.15) is 44.9 Å². The van der Waals surface area contributed by atoms with E-state index in [1.807, 2.05) is 4.90 Å². The molecular weight excluding hydrogens is 216 g/mol. The van der Waals surface area contributed by atoms with Gasteiger partial charge in [0.2, 0.25) is 5.91 Å². The summed E-state index contributed by atoms with van der Waals surface area (Å²) in [6.07, 6.45) is 6.70. The average molecular weight is 242 g/mol. The lowest BCUT2D eigenvalue weighted by molar-refractivity contribution is -0.132. The Balaban J connectivity index is 2.12. The fourth-order valence-electron chi connectivity index (χ4n) is 2.41. The molecule has 0 aromatic rings. The summed E-state index contributed by atoms with van der Waals surface area (Å²) < 4.78 is 0. The standard InChI is InChI=1S/C13H26N2O2/c14-8-3-1-2-4-13(17)15-9-5-12(6-10-15)7-11-16/h12,16H,1-11,14H2. The molecule has 1 aliphatic heterocycles. The summed E-state index contributed by atoms with van der Waals surface area (Å²) in [5.74, 6) is 0.908. The zero-order valence-electron chi connectivity index (χ0n) is 10.7. The molecule has 1 fully saturated rings. The zero-order chi connectivity index (χ0) is 12.5. The number of aliphatic hydroxyl groups is 1. The highest BCUT2D eigenvalue weighted by Crippen LogP contribution is 2.20.